The lowest BCUT2D eigenvalue weighted by atomic mass is 9.99. The lowest BCUT2D eigenvalue weighted by Gasteiger charge is -2.15. The summed E-state index contributed by atoms with van der Waals surface area (Å²) in [6.07, 6.45) is 8.36. The molecule has 2 unspecified atom stereocenters. The molecule has 1 saturated heterocycles. The van der Waals surface area contributed by atoms with Crippen molar-refractivity contribution < 1.29 is 4.79 Å². The fourth-order valence-electron chi connectivity index (χ4n) is 1.54. The molecule has 1 fully saturated rings. The summed E-state index contributed by atoms with van der Waals surface area (Å²) in [5, 5.41) is 2.84. The predicted molar refractivity (Wildman–Crippen MR) is 61.1 cm³/mol. The number of terminal acetylenes is 1. The second kappa shape index (κ2) is 5.98. The van der Waals surface area contributed by atoms with Crippen LogP contribution < -0.4 is 5.32 Å². The van der Waals surface area contributed by atoms with Crippen LogP contribution in [0.15, 0.2) is 0 Å². The first-order valence-corrected chi connectivity index (χ1v) is 6.23. The van der Waals surface area contributed by atoms with Gasteiger partial charge in [0.25, 0.3) is 0 Å². The highest BCUT2D eigenvalue weighted by atomic mass is 32.2. The van der Waals surface area contributed by atoms with Crippen LogP contribution >= 0.6 is 11.8 Å². The van der Waals surface area contributed by atoms with E-state index in [0.29, 0.717) is 0 Å². The number of nitrogens with one attached hydrogen (secondary N) is 1. The largest absolute Gasteiger partial charge is 0.343 e. The van der Waals surface area contributed by atoms with Crippen LogP contribution in [-0.4, -0.2) is 23.5 Å². The highest BCUT2D eigenvalue weighted by molar-refractivity contribution is 7.99. The molecule has 1 amide bonds. The van der Waals surface area contributed by atoms with E-state index >= 15 is 0 Å². The second-order valence-electron chi connectivity index (χ2n) is 3.64. The van der Waals surface area contributed by atoms with Gasteiger partial charge in [-0.05, 0) is 37.7 Å². The van der Waals surface area contributed by atoms with Crippen molar-refractivity contribution in [3.8, 4) is 12.3 Å². The van der Waals surface area contributed by atoms with Gasteiger partial charge in [0.05, 0.1) is 6.04 Å². The molecule has 0 aromatic heterocycles. The first kappa shape index (κ1) is 11.5. The van der Waals surface area contributed by atoms with Gasteiger partial charge in [-0.15, -0.1) is 6.42 Å². The zero-order chi connectivity index (χ0) is 10.4. The van der Waals surface area contributed by atoms with Crippen LogP contribution in [0.2, 0.25) is 0 Å². The lowest BCUT2D eigenvalue weighted by molar-refractivity contribution is -0.125. The average molecular weight is 211 g/mol. The van der Waals surface area contributed by atoms with Gasteiger partial charge in [-0.3, -0.25) is 4.79 Å². The summed E-state index contributed by atoms with van der Waals surface area (Å²) < 4.78 is 0. The van der Waals surface area contributed by atoms with Gasteiger partial charge in [0.1, 0.15) is 0 Å². The molecule has 3 heteroatoms. The molecule has 14 heavy (non-hydrogen) atoms. The summed E-state index contributed by atoms with van der Waals surface area (Å²) in [6.45, 7) is 1.84. The van der Waals surface area contributed by atoms with E-state index in [1.165, 1.54) is 5.75 Å². The highest BCUT2D eigenvalue weighted by Crippen LogP contribution is 2.22. The molecule has 0 aliphatic carbocycles. The van der Waals surface area contributed by atoms with E-state index in [1.54, 1.807) is 0 Å². The summed E-state index contributed by atoms with van der Waals surface area (Å²) in [6, 6.07) is -0.140. The van der Waals surface area contributed by atoms with Crippen molar-refractivity contribution in [1.82, 2.24) is 5.32 Å². The van der Waals surface area contributed by atoms with Gasteiger partial charge in [0.2, 0.25) is 5.91 Å². The number of hydrogen-bond donors (Lipinski definition) is 1. The van der Waals surface area contributed by atoms with Crippen molar-refractivity contribution in [3.63, 3.8) is 0 Å². The van der Waals surface area contributed by atoms with Crippen molar-refractivity contribution in [2.24, 2.45) is 5.92 Å². The van der Waals surface area contributed by atoms with Crippen LogP contribution in [0.1, 0.15) is 26.2 Å². The number of carbonyl (C=O) groups excluding carboxylic acids is 1. The van der Waals surface area contributed by atoms with Gasteiger partial charge < -0.3 is 5.32 Å². The summed E-state index contributed by atoms with van der Waals surface area (Å²) in [5.74, 6) is 5.12. The summed E-state index contributed by atoms with van der Waals surface area (Å²) >= 11 is 1.94. The molecule has 0 spiro atoms. The molecule has 0 bridgehead atoms. The SMILES string of the molecule is C#CC(C)NC(=O)C1CCCSCC1. The molecule has 2 atom stereocenters. The van der Waals surface area contributed by atoms with Crippen LogP contribution in [0.3, 0.4) is 0 Å². The number of amides is 1. The second-order valence-corrected chi connectivity index (χ2v) is 4.86. The quantitative estimate of drug-likeness (QED) is 0.704. The van der Waals surface area contributed by atoms with E-state index in [1.807, 2.05) is 18.7 Å². The van der Waals surface area contributed by atoms with Gasteiger partial charge in [0, 0.05) is 5.92 Å². The van der Waals surface area contributed by atoms with Gasteiger partial charge in [-0.1, -0.05) is 5.92 Å². The number of rotatable bonds is 2. The van der Waals surface area contributed by atoms with Crippen LogP contribution in [0.5, 0.6) is 0 Å². The van der Waals surface area contributed by atoms with E-state index in [2.05, 4.69) is 11.2 Å². The van der Waals surface area contributed by atoms with Crippen molar-refractivity contribution in [2.75, 3.05) is 11.5 Å². The Balaban J connectivity index is 2.38. The zero-order valence-corrected chi connectivity index (χ0v) is 9.40. The molecule has 1 aliphatic rings. The molecule has 78 valence electrons. The Morgan fingerprint density at radius 2 is 2.36 bits per heavy atom. The van der Waals surface area contributed by atoms with Gasteiger partial charge in [-0.2, -0.15) is 11.8 Å². The Morgan fingerprint density at radius 1 is 1.57 bits per heavy atom. The first-order valence-electron chi connectivity index (χ1n) is 5.08. The van der Waals surface area contributed by atoms with Crippen LogP contribution in [0.4, 0.5) is 0 Å². The standard InChI is InChI=1S/C11H17NOS/c1-3-9(2)12-11(13)10-5-4-7-14-8-6-10/h1,9-10H,4-8H2,2H3,(H,12,13). The third-order valence-corrected chi connectivity index (χ3v) is 3.53. The van der Waals surface area contributed by atoms with Crippen LogP contribution in [-0.2, 0) is 4.79 Å². The van der Waals surface area contributed by atoms with E-state index < -0.39 is 0 Å². The smallest absolute Gasteiger partial charge is 0.224 e. The summed E-state index contributed by atoms with van der Waals surface area (Å²) in [5.41, 5.74) is 0. The monoisotopic (exact) mass is 211 g/mol. The lowest BCUT2D eigenvalue weighted by Crippen LogP contribution is -2.36. The normalized spacial score (nSPS) is 24.4. The molecule has 1 heterocycles. The fraction of sp³-hybridized carbons (Fsp3) is 0.727. The minimum Gasteiger partial charge on any atom is -0.343 e. The Morgan fingerprint density at radius 3 is 3.07 bits per heavy atom. The van der Waals surface area contributed by atoms with E-state index in [0.717, 1.165) is 25.0 Å². The topological polar surface area (TPSA) is 29.1 Å². The summed E-state index contributed by atoms with van der Waals surface area (Å²) in [7, 11) is 0. The van der Waals surface area contributed by atoms with Crippen molar-refractivity contribution in [1.29, 1.82) is 0 Å². The minimum absolute atomic E-state index is 0.137. The van der Waals surface area contributed by atoms with Crippen molar-refractivity contribution >= 4 is 17.7 Å². The first-order chi connectivity index (χ1) is 6.74. The third kappa shape index (κ3) is 3.63. The summed E-state index contributed by atoms with van der Waals surface area (Å²) in [4.78, 5) is 11.7. The average Bonchev–Trinajstić information content (AvgIpc) is 2.45. The van der Waals surface area contributed by atoms with Crippen LogP contribution in [0, 0.1) is 18.3 Å². The molecule has 0 radical (unpaired) electrons. The van der Waals surface area contributed by atoms with E-state index in [4.69, 9.17) is 6.42 Å². The van der Waals surface area contributed by atoms with Crippen LogP contribution in [0.25, 0.3) is 0 Å². The minimum atomic E-state index is -0.140. The molecule has 1 aliphatic heterocycles. The van der Waals surface area contributed by atoms with Gasteiger partial charge in [0.15, 0.2) is 0 Å². The molecule has 2 nitrogen and oxygen atoms in total. The molecule has 1 N–H and O–H groups in total. The molecular weight excluding hydrogens is 194 g/mol. The Labute approximate surface area is 90.2 Å². The number of hydrogen-bond acceptors (Lipinski definition) is 2. The number of carbonyl (C=O) groups is 1. The molecule has 1 rings (SSSR count). The molecule has 0 aromatic rings. The molecule has 0 saturated carbocycles. The number of thioether (sulfide) groups is 1. The maximum absolute atomic E-state index is 11.7. The zero-order valence-electron chi connectivity index (χ0n) is 8.58. The van der Waals surface area contributed by atoms with Gasteiger partial charge in [-0.25, -0.2) is 0 Å². The maximum atomic E-state index is 11.7. The van der Waals surface area contributed by atoms with Crippen molar-refractivity contribution in [2.45, 2.75) is 32.2 Å². The maximum Gasteiger partial charge on any atom is 0.224 e. The fourth-order valence-corrected chi connectivity index (χ4v) is 2.56. The van der Waals surface area contributed by atoms with E-state index in [9.17, 15) is 4.79 Å². The highest BCUT2D eigenvalue weighted by Gasteiger charge is 2.20. The Bertz CT molecular complexity index is 226. The Hall–Kier alpha value is -0.620. The van der Waals surface area contributed by atoms with Crippen molar-refractivity contribution in [3.05, 3.63) is 0 Å². The third-order valence-electron chi connectivity index (χ3n) is 2.43. The van der Waals surface area contributed by atoms with Gasteiger partial charge >= 0.3 is 0 Å². The van der Waals surface area contributed by atoms with E-state index in [-0.39, 0.29) is 17.9 Å². The predicted octanol–water partition coefficient (Wildman–Crippen LogP) is 1.66. The Kier molecular flexibility index (Phi) is 4.89. The molecule has 0 aromatic carbocycles. The molecular formula is C11H17NOS.